The SMILES string of the molecule is CCC1NCCC2(CN(C(=O)OC(C)(C)C)C2)O1. The van der Waals surface area contributed by atoms with Crippen molar-refractivity contribution < 1.29 is 14.3 Å². The summed E-state index contributed by atoms with van der Waals surface area (Å²) in [6.45, 7) is 10.0. The fraction of sp³-hybridized carbons (Fsp3) is 0.923. The van der Waals surface area contributed by atoms with Gasteiger partial charge in [-0.3, -0.25) is 5.32 Å². The van der Waals surface area contributed by atoms with Crippen molar-refractivity contribution in [1.82, 2.24) is 10.2 Å². The molecule has 1 unspecified atom stereocenters. The lowest BCUT2D eigenvalue weighted by Gasteiger charge is -2.53. The van der Waals surface area contributed by atoms with E-state index >= 15 is 0 Å². The highest BCUT2D eigenvalue weighted by Gasteiger charge is 2.49. The fourth-order valence-corrected chi connectivity index (χ4v) is 2.43. The largest absolute Gasteiger partial charge is 0.444 e. The molecule has 1 spiro atoms. The van der Waals surface area contributed by atoms with Crippen molar-refractivity contribution in [2.45, 2.75) is 58.0 Å². The summed E-state index contributed by atoms with van der Waals surface area (Å²) in [6.07, 6.45) is 1.81. The summed E-state index contributed by atoms with van der Waals surface area (Å²) in [5.74, 6) is 0. The van der Waals surface area contributed by atoms with Gasteiger partial charge in [-0.2, -0.15) is 0 Å². The summed E-state index contributed by atoms with van der Waals surface area (Å²) in [5.41, 5.74) is -0.566. The van der Waals surface area contributed by atoms with Crippen LogP contribution in [-0.4, -0.2) is 48.1 Å². The molecule has 5 heteroatoms. The minimum absolute atomic E-state index is 0.125. The first-order valence-electron chi connectivity index (χ1n) is 6.73. The van der Waals surface area contributed by atoms with Gasteiger partial charge in [0.15, 0.2) is 0 Å². The van der Waals surface area contributed by atoms with E-state index in [1.54, 1.807) is 4.90 Å². The van der Waals surface area contributed by atoms with E-state index in [2.05, 4.69) is 12.2 Å². The zero-order valence-corrected chi connectivity index (χ0v) is 11.8. The highest BCUT2D eigenvalue weighted by Crippen LogP contribution is 2.33. The molecule has 2 fully saturated rings. The third-order valence-corrected chi connectivity index (χ3v) is 3.33. The maximum atomic E-state index is 11.9. The van der Waals surface area contributed by atoms with Crippen molar-refractivity contribution >= 4 is 6.09 Å². The number of nitrogens with one attached hydrogen (secondary N) is 1. The molecular formula is C13H24N2O3. The molecule has 0 aromatic carbocycles. The van der Waals surface area contributed by atoms with E-state index in [-0.39, 0.29) is 17.9 Å². The third-order valence-electron chi connectivity index (χ3n) is 3.33. The van der Waals surface area contributed by atoms with Gasteiger partial charge in [0, 0.05) is 6.54 Å². The molecule has 0 aromatic rings. The quantitative estimate of drug-likeness (QED) is 0.776. The molecule has 18 heavy (non-hydrogen) atoms. The molecule has 0 saturated carbocycles. The second-order valence-corrected chi connectivity index (χ2v) is 6.24. The Morgan fingerprint density at radius 2 is 2.17 bits per heavy atom. The molecule has 0 bridgehead atoms. The Hall–Kier alpha value is -0.810. The van der Waals surface area contributed by atoms with Gasteiger partial charge in [0.2, 0.25) is 0 Å². The molecule has 2 heterocycles. The van der Waals surface area contributed by atoms with Crippen LogP contribution in [-0.2, 0) is 9.47 Å². The minimum Gasteiger partial charge on any atom is -0.444 e. The second kappa shape index (κ2) is 4.70. The average Bonchev–Trinajstić information content (AvgIpc) is 2.23. The smallest absolute Gasteiger partial charge is 0.410 e. The van der Waals surface area contributed by atoms with Crippen LogP contribution in [0, 0.1) is 0 Å². The van der Waals surface area contributed by atoms with Crippen molar-refractivity contribution in [2.75, 3.05) is 19.6 Å². The van der Waals surface area contributed by atoms with Gasteiger partial charge in [0.25, 0.3) is 0 Å². The molecule has 1 N–H and O–H groups in total. The van der Waals surface area contributed by atoms with E-state index in [4.69, 9.17) is 9.47 Å². The first kappa shape index (κ1) is 13.6. The van der Waals surface area contributed by atoms with Crippen LogP contribution in [0.5, 0.6) is 0 Å². The molecule has 2 saturated heterocycles. The molecule has 2 aliphatic rings. The lowest BCUT2D eigenvalue weighted by Crippen LogP contribution is -2.69. The van der Waals surface area contributed by atoms with Gasteiger partial charge in [-0.15, -0.1) is 0 Å². The Morgan fingerprint density at radius 1 is 1.50 bits per heavy atom. The summed E-state index contributed by atoms with van der Waals surface area (Å²) in [7, 11) is 0. The minimum atomic E-state index is -0.430. The molecular weight excluding hydrogens is 232 g/mol. The van der Waals surface area contributed by atoms with Gasteiger partial charge in [-0.1, -0.05) is 6.92 Å². The summed E-state index contributed by atoms with van der Waals surface area (Å²) >= 11 is 0. The van der Waals surface area contributed by atoms with Gasteiger partial charge in [0.1, 0.15) is 17.4 Å². The Labute approximate surface area is 109 Å². The highest BCUT2D eigenvalue weighted by atomic mass is 16.6. The van der Waals surface area contributed by atoms with Crippen molar-refractivity contribution in [3.63, 3.8) is 0 Å². The lowest BCUT2D eigenvalue weighted by atomic mass is 9.89. The summed E-state index contributed by atoms with van der Waals surface area (Å²) < 4.78 is 11.4. The number of carbonyl (C=O) groups is 1. The van der Waals surface area contributed by atoms with Crippen molar-refractivity contribution in [1.29, 1.82) is 0 Å². The van der Waals surface area contributed by atoms with Gasteiger partial charge in [-0.05, 0) is 33.6 Å². The van der Waals surface area contributed by atoms with Gasteiger partial charge in [0.05, 0.1) is 13.1 Å². The van der Waals surface area contributed by atoms with Crippen LogP contribution in [0.2, 0.25) is 0 Å². The molecule has 1 amide bonds. The van der Waals surface area contributed by atoms with E-state index in [0.29, 0.717) is 13.1 Å². The number of carbonyl (C=O) groups excluding carboxylic acids is 1. The number of nitrogens with zero attached hydrogens (tertiary/aromatic N) is 1. The second-order valence-electron chi connectivity index (χ2n) is 6.24. The standard InChI is InChI=1S/C13H24N2O3/c1-5-10-14-7-6-13(17-10)8-15(9-13)11(16)18-12(2,3)4/h10,14H,5-9H2,1-4H3. The van der Waals surface area contributed by atoms with E-state index in [1.807, 2.05) is 20.8 Å². The Morgan fingerprint density at radius 3 is 2.72 bits per heavy atom. The zero-order chi connectivity index (χ0) is 13.4. The number of hydrogen-bond acceptors (Lipinski definition) is 4. The lowest BCUT2D eigenvalue weighted by molar-refractivity contribution is -0.198. The monoisotopic (exact) mass is 256 g/mol. The molecule has 5 nitrogen and oxygen atoms in total. The Balaban J connectivity index is 1.84. The van der Waals surface area contributed by atoms with Crippen molar-refractivity contribution in [3.8, 4) is 0 Å². The summed E-state index contributed by atoms with van der Waals surface area (Å²) in [5, 5.41) is 3.32. The predicted molar refractivity (Wildman–Crippen MR) is 68.3 cm³/mol. The van der Waals surface area contributed by atoms with Crippen LogP contribution in [0.1, 0.15) is 40.5 Å². The zero-order valence-electron chi connectivity index (χ0n) is 11.8. The molecule has 0 aliphatic carbocycles. The molecule has 1 atom stereocenters. The van der Waals surface area contributed by atoms with Crippen LogP contribution in [0.3, 0.4) is 0 Å². The van der Waals surface area contributed by atoms with Crippen LogP contribution < -0.4 is 5.32 Å². The van der Waals surface area contributed by atoms with Crippen LogP contribution in [0.15, 0.2) is 0 Å². The van der Waals surface area contributed by atoms with E-state index in [1.165, 1.54) is 0 Å². The number of rotatable bonds is 1. The van der Waals surface area contributed by atoms with Crippen LogP contribution >= 0.6 is 0 Å². The molecule has 2 aliphatic heterocycles. The average molecular weight is 256 g/mol. The maximum absolute atomic E-state index is 11.9. The summed E-state index contributed by atoms with van der Waals surface area (Å²) in [6, 6.07) is 0. The fourth-order valence-electron chi connectivity index (χ4n) is 2.43. The molecule has 0 aromatic heterocycles. The first-order valence-corrected chi connectivity index (χ1v) is 6.73. The number of hydrogen-bond donors (Lipinski definition) is 1. The molecule has 2 rings (SSSR count). The van der Waals surface area contributed by atoms with Gasteiger partial charge < -0.3 is 14.4 Å². The highest BCUT2D eigenvalue weighted by molar-refractivity contribution is 5.69. The normalized spacial score (nSPS) is 26.9. The van der Waals surface area contributed by atoms with Crippen LogP contribution in [0.25, 0.3) is 0 Å². The molecule has 104 valence electrons. The van der Waals surface area contributed by atoms with E-state index in [0.717, 1.165) is 19.4 Å². The van der Waals surface area contributed by atoms with E-state index < -0.39 is 5.60 Å². The summed E-state index contributed by atoms with van der Waals surface area (Å²) in [4.78, 5) is 13.6. The molecule has 0 radical (unpaired) electrons. The number of ether oxygens (including phenoxy) is 2. The van der Waals surface area contributed by atoms with Gasteiger partial charge >= 0.3 is 6.09 Å². The van der Waals surface area contributed by atoms with Crippen molar-refractivity contribution in [3.05, 3.63) is 0 Å². The first-order chi connectivity index (χ1) is 8.34. The van der Waals surface area contributed by atoms with Crippen molar-refractivity contribution in [2.24, 2.45) is 0 Å². The Bertz CT molecular complexity index is 319. The predicted octanol–water partition coefficient (Wildman–Crippen LogP) is 1.72. The topological polar surface area (TPSA) is 50.8 Å². The van der Waals surface area contributed by atoms with Crippen LogP contribution in [0.4, 0.5) is 4.79 Å². The maximum Gasteiger partial charge on any atom is 0.410 e. The number of likely N-dealkylation sites (tertiary alicyclic amines) is 1. The van der Waals surface area contributed by atoms with E-state index in [9.17, 15) is 4.79 Å². The Kier molecular flexibility index (Phi) is 3.56. The van der Waals surface area contributed by atoms with Gasteiger partial charge in [-0.25, -0.2) is 4.79 Å². The number of amides is 1. The third kappa shape index (κ3) is 2.95.